The minimum absolute atomic E-state index is 0.00804. The molecular weight excluding hydrogens is 282 g/mol. The van der Waals surface area contributed by atoms with Crippen molar-refractivity contribution in [3.8, 4) is 0 Å². The number of benzene rings is 1. The Morgan fingerprint density at radius 1 is 1.21 bits per heavy atom. The monoisotopic (exact) mass is 297 g/mol. The van der Waals surface area contributed by atoms with Gasteiger partial charge in [0, 0.05) is 6.54 Å². The fraction of sp³-hybridized carbons (Fsp3) is 0.231. The van der Waals surface area contributed by atoms with Crippen molar-refractivity contribution in [2.45, 2.75) is 11.9 Å². The lowest BCUT2D eigenvalue weighted by atomic mass is 10.2. The molecule has 1 aromatic carbocycles. The van der Waals surface area contributed by atoms with Gasteiger partial charge in [0.25, 0.3) is 0 Å². The summed E-state index contributed by atoms with van der Waals surface area (Å²) in [4.78, 5) is 0. The molecule has 0 spiro atoms. The molecule has 19 heavy (non-hydrogen) atoms. The van der Waals surface area contributed by atoms with Crippen molar-refractivity contribution < 1.29 is 13.5 Å². The van der Waals surface area contributed by atoms with E-state index in [9.17, 15) is 13.5 Å². The number of sulfonamides is 1. The first-order valence-corrected chi connectivity index (χ1v) is 8.38. The highest BCUT2D eigenvalue weighted by Crippen LogP contribution is 2.15. The van der Waals surface area contributed by atoms with Crippen molar-refractivity contribution >= 4 is 21.4 Å². The molecule has 0 saturated carbocycles. The predicted molar refractivity (Wildman–Crippen MR) is 76.3 cm³/mol. The number of hydrogen-bond acceptors (Lipinski definition) is 4. The number of nitrogens with one attached hydrogen (secondary N) is 1. The fourth-order valence-electron chi connectivity index (χ4n) is 1.63. The van der Waals surface area contributed by atoms with Gasteiger partial charge in [-0.05, 0) is 28.0 Å². The van der Waals surface area contributed by atoms with E-state index >= 15 is 0 Å². The van der Waals surface area contributed by atoms with Crippen LogP contribution < -0.4 is 4.72 Å². The highest BCUT2D eigenvalue weighted by atomic mass is 32.2. The molecule has 0 bridgehead atoms. The van der Waals surface area contributed by atoms with Crippen LogP contribution in [0.2, 0.25) is 0 Å². The highest BCUT2D eigenvalue weighted by molar-refractivity contribution is 7.88. The molecule has 6 heteroatoms. The van der Waals surface area contributed by atoms with Gasteiger partial charge in [-0.1, -0.05) is 30.3 Å². The van der Waals surface area contributed by atoms with E-state index in [-0.39, 0.29) is 12.3 Å². The fourth-order valence-corrected chi connectivity index (χ4v) is 3.49. The highest BCUT2D eigenvalue weighted by Gasteiger charge is 2.15. The second kappa shape index (κ2) is 6.29. The number of aliphatic hydroxyl groups is 1. The zero-order chi connectivity index (χ0) is 13.7. The summed E-state index contributed by atoms with van der Waals surface area (Å²) in [5.74, 6) is -0.0792. The van der Waals surface area contributed by atoms with E-state index in [1.165, 1.54) is 11.3 Å². The van der Waals surface area contributed by atoms with Gasteiger partial charge in [-0.25, -0.2) is 13.1 Å². The molecule has 1 aromatic heterocycles. The van der Waals surface area contributed by atoms with Gasteiger partial charge in [0.05, 0.1) is 11.9 Å². The maximum Gasteiger partial charge on any atom is 0.215 e. The van der Waals surface area contributed by atoms with Crippen LogP contribution in [-0.4, -0.2) is 20.1 Å². The Morgan fingerprint density at radius 2 is 1.95 bits per heavy atom. The standard InChI is InChI=1S/C13H15NO3S2/c15-13(12-6-7-18-9-12)8-14-19(16,17)10-11-4-2-1-3-5-11/h1-7,9,13-15H,8,10H2. The number of rotatable bonds is 6. The molecule has 0 radical (unpaired) electrons. The lowest BCUT2D eigenvalue weighted by molar-refractivity contribution is 0.182. The van der Waals surface area contributed by atoms with Gasteiger partial charge in [-0.3, -0.25) is 0 Å². The first-order chi connectivity index (χ1) is 9.07. The van der Waals surface area contributed by atoms with E-state index < -0.39 is 16.1 Å². The molecule has 0 amide bonds. The quantitative estimate of drug-likeness (QED) is 0.856. The van der Waals surface area contributed by atoms with Crippen LogP contribution in [-0.2, 0) is 15.8 Å². The van der Waals surface area contributed by atoms with Crippen LogP contribution in [0.25, 0.3) is 0 Å². The van der Waals surface area contributed by atoms with Gasteiger partial charge < -0.3 is 5.11 Å². The summed E-state index contributed by atoms with van der Waals surface area (Å²) >= 11 is 1.47. The molecule has 102 valence electrons. The minimum Gasteiger partial charge on any atom is -0.387 e. The second-order valence-electron chi connectivity index (χ2n) is 4.17. The molecule has 1 atom stereocenters. The van der Waals surface area contributed by atoms with Gasteiger partial charge in [-0.15, -0.1) is 0 Å². The van der Waals surface area contributed by atoms with Crippen molar-refractivity contribution in [3.63, 3.8) is 0 Å². The molecule has 2 N–H and O–H groups in total. The van der Waals surface area contributed by atoms with Crippen LogP contribution in [0.3, 0.4) is 0 Å². The average molecular weight is 297 g/mol. The Bertz CT molecular complexity index is 594. The number of thiophene rings is 1. The molecule has 2 rings (SSSR count). The predicted octanol–water partition coefficient (Wildman–Crippen LogP) is 1.90. The molecule has 0 aliphatic rings. The zero-order valence-corrected chi connectivity index (χ0v) is 11.8. The maximum atomic E-state index is 11.9. The van der Waals surface area contributed by atoms with Crippen LogP contribution in [0.1, 0.15) is 17.2 Å². The summed E-state index contributed by atoms with van der Waals surface area (Å²) in [6.45, 7) is -0.00804. The Kier molecular flexibility index (Phi) is 4.71. The van der Waals surface area contributed by atoms with E-state index in [2.05, 4.69) is 4.72 Å². The minimum atomic E-state index is -3.43. The molecule has 0 fully saturated rings. The molecule has 0 saturated heterocycles. The second-order valence-corrected chi connectivity index (χ2v) is 6.75. The van der Waals surface area contributed by atoms with Gasteiger partial charge in [0.1, 0.15) is 0 Å². The van der Waals surface area contributed by atoms with E-state index in [1.54, 1.807) is 35.7 Å². The number of hydrogen-bond donors (Lipinski definition) is 2. The summed E-state index contributed by atoms with van der Waals surface area (Å²) in [6.07, 6.45) is -0.809. The third kappa shape index (κ3) is 4.43. The topological polar surface area (TPSA) is 66.4 Å². The van der Waals surface area contributed by atoms with Crippen LogP contribution >= 0.6 is 11.3 Å². The van der Waals surface area contributed by atoms with Crippen molar-refractivity contribution in [2.75, 3.05) is 6.54 Å². The molecule has 2 aromatic rings. The van der Waals surface area contributed by atoms with Gasteiger partial charge in [-0.2, -0.15) is 11.3 Å². The summed E-state index contributed by atoms with van der Waals surface area (Å²) in [5.41, 5.74) is 1.45. The van der Waals surface area contributed by atoms with E-state index in [1.807, 2.05) is 11.4 Å². The molecule has 0 aliphatic heterocycles. The normalized spacial score (nSPS) is 13.3. The van der Waals surface area contributed by atoms with Crippen molar-refractivity contribution in [2.24, 2.45) is 0 Å². The Labute approximate surface area is 116 Å². The Hall–Kier alpha value is -1.21. The van der Waals surface area contributed by atoms with Crippen LogP contribution in [0.5, 0.6) is 0 Å². The zero-order valence-electron chi connectivity index (χ0n) is 10.2. The molecule has 0 aliphatic carbocycles. The third-order valence-electron chi connectivity index (χ3n) is 2.62. The lowest BCUT2D eigenvalue weighted by Crippen LogP contribution is -2.29. The number of aliphatic hydroxyl groups excluding tert-OH is 1. The van der Waals surface area contributed by atoms with Gasteiger partial charge in [0.15, 0.2) is 0 Å². The van der Waals surface area contributed by atoms with Gasteiger partial charge in [0.2, 0.25) is 10.0 Å². The lowest BCUT2D eigenvalue weighted by Gasteiger charge is -2.11. The van der Waals surface area contributed by atoms with E-state index in [4.69, 9.17) is 0 Å². The van der Waals surface area contributed by atoms with Crippen LogP contribution in [0.4, 0.5) is 0 Å². The average Bonchev–Trinajstić information content (AvgIpc) is 2.91. The first kappa shape index (κ1) is 14.2. The maximum absolute atomic E-state index is 11.9. The molecular formula is C13H15NO3S2. The van der Waals surface area contributed by atoms with E-state index in [0.717, 1.165) is 11.1 Å². The molecule has 4 nitrogen and oxygen atoms in total. The van der Waals surface area contributed by atoms with Crippen molar-refractivity contribution in [1.29, 1.82) is 0 Å². The van der Waals surface area contributed by atoms with Crippen molar-refractivity contribution in [1.82, 2.24) is 4.72 Å². The Balaban J connectivity index is 1.91. The third-order valence-corrected chi connectivity index (χ3v) is 4.65. The summed E-state index contributed by atoms with van der Waals surface area (Å²) in [7, 11) is -3.43. The van der Waals surface area contributed by atoms with Crippen LogP contribution in [0, 0.1) is 0 Å². The smallest absolute Gasteiger partial charge is 0.215 e. The van der Waals surface area contributed by atoms with Crippen LogP contribution in [0.15, 0.2) is 47.2 Å². The molecule has 1 heterocycles. The summed E-state index contributed by atoms with van der Waals surface area (Å²) in [6, 6.07) is 10.7. The van der Waals surface area contributed by atoms with E-state index in [0.29, 0.717) is 0 Å². The van der Waals surface area contributed by atoms with Crippen molar-refractivity contribution in [3.05, 3.63) is 58.3 Å². The Morgan fingerprint density at radius 3 is 2.58 bits per heavy atom. The molecule has 1 unspecified atom stereocenters. The van der Waals surface area contributed by atoms with Gasteiger partial charge >= 0.3 is 0 Å². The SMILES string of the molecule is O=S(=O)(Cc1ccccc1)NCC(O)c1ccsc1. The summed E-state index contributed by atoms with van der Waals surface area (Å²) in [5, 5.41) is 13.5. The summed E-state index contributed by atoms with van der Waals surface area (Å²) < 4.78 is 26.1. The largest absolute Gasteiger partial charge is 0.387 e. The first-order valence-electron chi connectivity index (χ1n) is 5.78.